The third kappa shape index (κ3) is 5.17. The fourth-order valence-electron chi connectivity index (χ4n) is 1.92. The Labute approximate surface area is 109 Å². The van der Waals surface area contributed by atoms with Crippen LogP contribution in [-0.4, -0.2) is 80.3 Å². The van der Waals surface area contributed by atoms with Gasteiger partial charge in [-0.05, 0) is 0 Å². The van der Waals surface area contributed by atoms with Gasteiger partial charge in [-0.1, -0.05) is 0 Å². The van der Waals surface area contributed by atoms with E-state index in [1.165, 1.54) is 0 Å². The van der Waals surface area contributed by atoms with Crippen molar-refractivity contribution in [1.82, 2.24) is 0 Å². The zero-order valence-electron chi connectivity index (χ0n) is 12.2. The molecule has 6 nitrogen and oxygen atoms in total. The lowest BCUT2D eigenvalue weighted by Gasteiger charge is -2.34. The second kappa shape index (κ2) is 10.7. The van der Waals surface area contributed by atoms with Gasteiger partial charge in [-0.2, -0.15) is 0 Å². The number of methoxy groups -OCH3 is 6. The molecule has 0 rings (SSSR count). The van der Waals surface area contributed by atoms with Crippen LogP contribution in [0.3, 0.4) is 0 Å². The van der Waals surface area contributed by atoms with E-state index in [-0.39, 0.29) is 24.4 Å². The van der Waals surface area contributed by atoms with Gasteiger partial charge in [0.25, 0.3) is 0 Å². The fraction of sp³-hybridized carbons (Fsp3) is 1.00. The predicted molar refractivity (Wildman–Crippen MR) is 66.9 cm³/mol. The van der Waals surface area contributed by atoms with Crippen molar-refractivity contribution in [2.45, 2.75) is 24.4 Å². The number of ether oxygens (including phenoxy) is 6. The molecule has 0 heterocycles. The maximum Gasteiger partial charge on any atom is 0.114 e. The van der Waals surface area contributed by atoms with E-state index in [1.54, 1.807) is 42.7 Å². The summed E-state index contributed by atoms with van der Waals surface area (Å²) >= 11 is 0. The molecule has 4 atom stereocenters. The van der Waals surface area contributed by atoms with Crippen molar-refractivity contribution in [3.8, 4) is 0 Å². The molecular formula is C12H26O6. The molecule has 0 amide bonds. The molecule has 0 unspecified atom stereocenters. The fourth-order valence-corrected chi connectivity index (χ4v) is 1.92. The Morgan fingerprint density at radius 1 is 0.556 bits per heavy atom. The summed E-state index contributed by atoms with van der Waals surface area (Å²) in [4.78, 5) is 0. The highest BCUT2D eigenvalue weighted by Gasteiger charge is 2.36. The molecule has 0 aliphatic rings. The monoisotopic (exact) mass is 266 g/mol. The first kappa shape index (κ1) is 17.8. The molecular weight excluding hydrogens is 240 g/mol. The van der Waals surface area contributed by atoms with Crippen LogP contribution in [0.2, 0.25) is 0 Å². The molecule has 0 aliphatic carbocycles. The molecule has 0 aromatic rings. The van der Waals surface area contributed by atoms with Crippen LogP contribution in [-0.2, 0) is 28.4 Å². The first-order chi connectivity index (χ1) is 8.69. The molecule has 0 bridgehead atoms. The van der Waals surface area contributed by atoms with Crippen molar-refractivity contribution in [2.75, 3.05) is 55.9 Å². The molecule has 0 spiro atoms. The Kier molecular flexibility index (Phi) is 10.5. The first-order valence-electron chi connectivity index (χ1n) is 5.79. The number of hydrogen-bond acceptors (Lipinski definition) is 6. The van der Waals surface area contributed by atoms with Gasteiger partial charge in [-0.3, -0.25) is 0 Å². The van der Waals surface area contributed by atoms with Gasteiger partial charge in [-0.15, -0.1) is 0 Å². The van der Waals surface area contributed by atoms with Crippen molar-refractivity contribution >= 4 is 0 Å². The summed E-state index contributed by atoms with van der Waals surface area (Å²) in [5.41, 5.74) is 0. The molecule has 0 aliphatic heterocycles. The van der Waals surface area contributed by atoms with Crippen LogP contribution >= 0.6 is 0 Å². The normalized spacial score (nSPS) is 18.3. The molecule has 0 fully saturated rings. The van der Waals surface area contributed by atoms with Crippen LogP contribution in [0.15, 0.2) is 0 Å². The lowest BCUT2D eigenvalue weighted by atomic mass is 10.0. The van der Waals surface area contributed by atoms with Crippen LogP contribution in [0, 0.1) is 0 Å². The van der Waals surface area contributed by atoms with Gasteiger partial charge in [0.05, 0.1) is 13.2 Å². The molecule has 110 valence electrons. The summed E-state index contributed by atoms with van der Waals surface area (Å²) in [5.74, 6) is 0. The van der Waals surface area contributed by atoms with Gasteiger partial charge in [0.15, 0.2) is 0 Å². The highest BCUT2D eigenvalue weighted by molar-refractivity contribution is 4.85. The maximum absolute atomic E-state index is 5.47. The third-order valence-corrected chi connectivity index (χ3v) is 2.87. The lowest BCUT2D eigenvalue weighted by molar-refractivity contribution is -0.166. The molecule has 0 aromatic carbocycles. The Balaban J connectivity index is 4.81. The summed E-state index contributed by atoms with van der Waals surface area (Å²) in [7, 11) is 9.67. The average Bonchev–Trinajstić information content (AvgIpc) is 2.40. The van der Waals surface area contributed by atoms with Gasteiger partial charge in [0.2, 0.25) is 0 Å². The smallest absolute Gasteiger partial charge is 0.114 e. The van der Waals surface area contributed by atoms with Crippen LogP contribution in [0.4, 0.5) is 0 Å². The van der Waals surface area contributed by atoms with Gasteiger partial charge in [0, 0.05) is 42.7 Å². The van der Waals surface area contributed by atoms with E-state index >= 15 is 0 Å². The van der Waals surface area contributed by atoms with Gasteiger partial charge < -0.3 is 28.4 Å². The minimum atomic E-state index is -0.306. The number of hydrogen-bond donors (Lipinski definition) is 0. The summed E-state index contributed by atoms with van der Waals surface area (Å²) in [6, 6.07) is 0. The van der Waals surface area contributed by atoms with Crippen molar-refractivity contribution in [3.63, 3.8) is 0 Å². The van der Waals surface area contributed by atoms with E-state index in [2.05, 4.69) is 0 Å². The zero-order valence-corrected chi connectivity index (χ0v) is 12.2. The van der Waals surface area contributed by atoms with E-state index in [0.717, 1.165) is 0 Å². The van der Waals surface area contributed by atoms with Gasteiger partial charge >= 0.3 is 0 Å². The highest BCUT2D eigenvalue weighted by atomic mass is 16.6. The van der Waals surface area contributed by atoms with E-state index in [1.807, 2.05) is 0 Å². The van der Waals surface area contributed by atoms with Crippen LogP contribution in [0.25, 0.3) is 0 Å². The Morgan fingerprint density at radius 3 is 1.06 bits per heavy atom. The summed E-state index contributed by atoms with van der Waals surface area (Å²) in [6.07, 6.45) is -1.08. The SMILES string of the molecule is COC[C@H](OC)[C@H](OC)[C@@H](OC)[C@@H](COC)OC. The Bertz CT molecular complexity index is 169. The molecule has 0 N–H and O–H groups in total. The standard InChI is InChI=1S/C12H26O6/c1-13-7-9(15-3)11(17-5)12(18-6)10(16-4)8-14-2/h9-12H,7-8H2,1-6H3/t9-,10+,11-,12-/m0/s1. The quantitative estimate of drug-likeness (QED) is 0.537. The second-order valence-corrected chi connectivity index (χ2v) is 3.86. The zero-order chi connectivity index (χ0) is 14.0. The molecule has 6 heteroatoms. The molecule has 0 radical (unpaired) electrons. The van der Waals surface area contributed by atoms with Crippen LogP contribution in [0.1, 0.15) is 0 Å². The van der Waals surface area contributed by atoms with Crippen molar-refractivity contribution in [1.29, 1.82) is 0 Å². The van der Waals surface area contributed by atoms with Crippen molar-refractivity contribution in [2.24, 2.45) is 0 Å². The topological polar surface area (TPSA) is 55.4 Å². The highest BCUT2D eigenvalue weighted by Crippen LogP contribution is 2.16. The van der Waals surface area contributed by atoms with E-state index in [4.69, 9.17) is 28.4 Å². The Hall–Kier alpha value is -0.240. The molecule has 0 aromatic heterocycles. The van der Waals surface area contributed by atoms with Crippen LogP contribution in [0.5, 0.6) is 0 Å². The minimum Gasteiger partial charge on any atom is -0.382 e. The van der Waals surface area contributed by atoms with E-state index in [9.17, 15) is 0 Å². The predicted octanol–water partition coefficient (Wildman–Crippen LogP) is 0.339. The average molecular weight is 266 g/mol. The Morgan fingerprint density at radius 2 is 0.889 bits per heavy atom. The third-order valence-electron chi connectivity index (χ3n) is 2.87. The second-order valence-electron chi connectivity index (χ2n) is 3.86. The van der Waals surface area contributed by atoms with Crippen molar-refractivity contribution < 1.29 is 28.4 Å². The largest absolute Gasteiger partial charge is 0.382 e. The summed E-state index contributed by atoms with van der Waals surface area (Å²) in [6.45, 7) is 0.830. The van der Waals surface area contributed by atoms with Crippen LogP contribution < -0.4 is 0 Å². The molecule has 0 saturated heterocycles. The number of rotatable bonds is 11. The first-order valence-corrected chi connectivity index (χ1v) is 5.79. The van der Waals surface area contributed by atoms with E-state index < -0.39 is 0 Å². The minimum absolute atomic E-state index is 0.237. The van der Waals surface area contributed by atoms with Gasteiger partial charge in [-0.25, -0.2) is 0 Å². The maximum atomic E-state index is 5.47. The van der Waals surface area contributed by atoms with E-state index in [0.29, 0.717) is 13.2 Å². The molecule has 18 heavy (non-hydrogen) atoms. The summed E-state index contributed by atoms with van der Waals surface area (Å²) < 4.78 is 31.9. The van der Waals surface area contributed by atoms with Gasteiger partial charge in [0.1, 0.15) is 24.4 Å². The van der Waals surface area contributed by atoms with Crippen molar-refractivity contribution in [3.05, 3.63) is 0 Å². The molecule has 0 saturated carbocycles. The lowest BCUT2D eigenvalue weighted by Crippen LogP contribution is -2.50. The summed E-state index contributed by atoms with van der Waals surface area (Å²) in [5, 5.41) is 0.